The average molecular weight is 310 g/mol. The van der Waals surface area contributed by atoms with Crippen LogP contribution in [0.2, 0.25) is 0 Å². The summed E-state index contributed by atoms with van der Waals surface area (Å²) >= 11 is 0. The minimum Gasteiger partial charge on any atom is -0.368 e. The van der Waals surface area contributed by atoms with Gasteiger partial charge in [-0.15, -0.1) is 0 Å². The fourth-order valence-corrected chi connectivity index (χ4v) is 3.84. The molecule has 2 atom stereocenters. The van der Waals surface area contributed by atoms with Crippen LogP contribution in [0.25, 0.3) is 0 Å². The molecule has 0 N–H and O–H groups in total. The van der Waals surface area contributed by atoms with Crippen molar-refractivity contribution in [3.8, 4) is 0 Å². The summed E-state index contributed by atoms with van der Waals surface area (Å²) in [5, 5.41) is 0. The van der Waals surface area contributed by atoms with Crippen molar-refractivity contribution in [2.45, 2.75) is 44.2 Å². The molecule has 1 aromatic rings. The summed E-state index contributed by atoms with van der Waals surface area (Å²) in [4.78, 5) is 5.24. The summed E-state index contributed by atoms with van der Waals surface area (Å²) in [6, 6.07) is 8.26. The molecule has 0 amide bonds. The van der Waals surface area contributed by atoms with Crippen molar-refractivity contribution in [2.24, 2.45) is 0 Å². The molecule has 1 fully saturated rings. The largest absolute Gasteiger partial charge is 0.368 e. The minimum atomic E-state index is -3.15. The van der Waals surface area contributed by atoms with Crippen LogP contribution in [0.1, 0.15) is 27.2 Å². The lowest BCUT2D eigenvalue weighted by atomic mass is 10.1. The van der Waals surface area contributed by atoms with Gasteiger partial charge in [0, 0.05) is 37.1 Å². The number of benzene rings is 1. The summed E-state index contributed by atoms with van der Waals surface area (Å²) in [6.45, 7) is 9.72. The van der Waals surface area contributed by atoms with Gasteiger partial charge in [-0.05, 0) is 45.0 Å². The van der Waals surface area contributed by atoms with Crippen LogP contribution in [-0.4, -0.2) is 51.3 Å². The second kappa shape index (κ2) is 6.36. The molecule has 0 radical (unpaired) electrons. The van der Waals surface area contributed by atoms with E-state index in [9.17, 15) is 8.42 Å². The van der Waals surface area contributed by atoms with Crippen molar-refractivity contribution >= 4 is 15.5 Å². The van der Waals surface area contributed by atoms with Crippen molar-refractivity contribution in [1.82, 2.24) is 4.90 Å². The van der Waals surface area contributed by atoms with Crippen molar-refractivity contribution in [3.05, 3.63) is 24.3 Å². The summed E-state index contributed by atoms with van der Waals surface area (Å²) in [6.07, 6.45) is 2.43. The number of piperazine rings is 1. The summed E-state index contributed by atoms with van der Waals surface area (Å²) < 4.78 is 23.4. The van der Waals surface area contributed by atoms with Gasteiger partial charge in [0.25, 0.3) is 0 Å². The molecule has 0 aliphatic carbocycles. The minimum absolute atomic E-state index is 0.399. The molecule has 0 aromatic heterocycles. The molecule has 0 unspecified atom stereocenters. The van der Waals surface area contributed by atoms with E-state index in [1.165, 1.54) is 6.26 Å². The highest BCUT2D eigenvalue weighted by molar-refractivity contribution is 7.90. The van der Waals surface area contributed by atoms with E-state index in [4.69, 9.17) is 0 Å². The summed E-state index contributed by atoms with van der Waals surface area (Å²) in [7, 11) is -3.15. The highest BCUT2D eigenvalue weighted by Gasteiger charge is 2.29. The lowest BCUT2D eigenvalue weighted by Gasteiger charge is -2.45. The Labute approximate surface area is 128 Å². The highest BCUT2D eigenvalue weighted by atomic mass is 32.2. The van der Waals surface area contributed by atoms with Gasteiger partial charge in [-0.2, -0.15) is 0 Å². The quantitative estimate of drug-likeness (QED) is 0.856. The Hall–Kier alpha value is -1.07. The van der Waals surface area contributed by atoms with Crippen molar-refractivity contribution in [1.29, 1.82) is 0 Å². The average Bonchev–Trinajstić information content (AvgIpc) is 2.42. The zero-order valence-corrected chi connectivity index (χ0v) is 14.2. The first-order valence-corrected chi connectivity index (χ1v) is 9.53. The molecular weight excluding hydrogens is 284 g/mol. The molecule has 2 rings (SSSR count). The molecule has 1 heterocycles. The van der Waals surface area contributed by atoms with Crippen LogP contribution in [0.5, 0.6) is 0 Å². The number of hydrogen-bond donors (Lipinski definition) is 0. The first-order chi connectivity index (χ1) is 9.82. The van der Waals surface area contributed by atoms with Gasteiger partial charge in [0.05, 0.1) is 4.90 Å². The van der Waals surface area contributed by atoms with Gasteiger partial charge in [0.2, 0.25) is 0 Å². The second-order valence-electron chi connectivity index (χ2n) is 6.11. The monoisotopic (exact) mass is 310 g/mol. The third kappa shape index (κ3) is 3.77. The number of rotatable bonds is 4. The summed E-state index contributed by atoms with van der Waals surface area (Å²) in [5.74, 6) is 0. The Morgan fingerprint density at radius 2 is 1.81 bits per heavy atom. The molecule has 4 nitrogen and oxygen atoms in total. The molecule has 0 bridgehead atoms. The summed E-state index contributed by atoms with van der Waals surface area (Å²) in [5.41, 5.74) is 1.01. The molecule has 0 saturated carbocycles. The van der Waals surface area contributed by atoms with Crippen molar-refractivity contribution in [2.75, 3.05) is 30.8 Å². The predicted octanol–water partition coefficient (Wildman–Crippen LogP) is 2.40. The number of sulfone groups is 1. The van der Waals surface area contributed by atoms with Crippen molar-refractivity contribution in [3.63, 3.8) is 0 Å². The highest BCUT2D eigenvalue weighted by Crippen LogP contribution is 2.24. The predicted molar refractivity (Wildman–Crippen MR) is 87.7 cm³/mol. The molecule has 21 heavy (non-hydrogen) atoms. The smallest absolute Gasteiger partial charge is 0.175 e. The molecule has 1 aromatic carbocycles. The normalized spacial score (nSPS) is 24.3. The molecule has 5 heteroatoms. The maximum Gasteiger partial charge on any atom is 0.175 e. The Kier molecular flexibility index (Phi) is 4.94. The standard InChI is InChI=1S/C16H26N2O2S/c1-5-9-18-13(2)11-17(12-14(18)3)15-7-6-8-16(10-15)21(4,19)20/h6-8,10,13-14H,5,9,11-12H2,1-4H3/t13-,14+. The van der Waals surface area contributed by atoms with Gasteiger partial charge in [-0.3, -0.25) is 4.90 Å². The molecule has 1 saturated heterocycles. The first kappa shape index (κ1) is 16.3. The zero-order valence-electron chi connectivity index (χ0n) is 13.4. The number of anilines is 1. The van der Waals surface area contributed by atoms with Crippen LogP contribution >= 0.6 is 0 Å². The van der Waals surface area contributed by atoms with Gasteiger partial charge in [0.1, 0.15) is 0 Å². The van der Waals surface area contributed by atoms with E-state index in [-0.39, 0.29) is 0 Å². The zero-order chi connectivity index (χ0) is 15.6. The van der Waals surface area contributed by atoms with E-state index in [0.717, 1.165) is 31.7 Å². The first-order valence-electron chi connectivity index (χ1n) is 7.63. The Morgan fingerprint density at radius 1 is 1.19 bits per heavy atom. The topological polar surface area (TPSA) is 40.6 Å². The third-order valence-electron chi connectivity index (χ3n) is 4.19. The third-order valence-corrected chi connectivity index (χ3v) is 5.30. The Morgan fingerprint density at radius 3 is 2.33 bits per heavy atom. The van der Waals surface area contributed by atoms with E-state index >= 15 is 0 Å². The maximum atomic E-state index is 11.7. The van der Waals surface area contributed by atoms with Crippen LogP contribution in [0.3, 0.4) is 0 Å². The van der Waals surface area contributed by atoms with Gasteiger partial charge in [-0.1, -0.05) is 13.0 Å². The molecule has 1 aliphatic rings. The van der Waals surface area contributed by atoms with Gasteiger partial charge in [-0.25, -0.2) is 8.42 Å². The van der Waals surface area contributed by atoms with E-state index in [2.05, 4.69) is 30.6 Å². The van der Waals surface area contributed by atoms with E-state index in [1.54, 1.807) is 12.1 Å². The lowest BCUT2D eigenvalue weighted by Crippen LogP contribution is -2.56. The van der Waals surface area contributed by atoms with E-state index < -0.39 is 9.84 Å². The van der Waals surface area contributed by atoms with Crippen LogP contribution in [-0.2, 0) is 9.84 Å². The van der Waals surface area contributed by atoms with Crippen molar-refractivity contribution < 1.29 is 8.42 Å². The molecule has 1 aliphatic heterocycles. The number of nitrogens with zero attached hydrogens (tertiary/aromatic N) is 2. The van der Waals surface area contributed by atoms with Crippen LogP contribution in [0.15, 0.2) is 29.2 Å². The Balaban J connectivity index is 2.21. The second-order valence-corrected chi connectivity index (χ2v) is 8.13. The lowest BCUT2D eigenvalue weighted by molar-refractivity contribution is 0.132. The van der Waals surface area contributed by atoms with Crippen LogP contribution in [0, 0.1) is 0 Å². The molecule has 118 valence electrons. The van der Waals surface area contributed by atoms with Gasteiger partial charge in [0.15, 0.2) is 9.84 Å². The van der Waals surface area contributed by atoms with E-state index in [0.29, 0.717) is 17.0 Å². The van der Waals surface area contributed by atoms with E-state index in [1.807, 2.05) is 12.1 Å². The van der Waals surface area contributed by atoms with Gasteiger partial charge >= 0.3 is 0 Å². The Bertz CT molecular complexity index is 574. The van der Waals surface area contributed by atoms with Gasteiger partial charge < -0.3 is 4.90 Å². The SMILES string of the molecule is CCCN1[C@H](C)CN(c2cccc(S(C)(=O)=O)c2)C[C@@H]1C. The maximum absolute atomic E-state index is 11.7. The molecule has 0 spiro atoms. The fraction of sp³-hybridized carbons (Fsp3) is 0.625. The van der Waals surface area contributed by atoms with Crippen LogP contribution < -0.4 is 4.90 Å². The van der Waals surface area contributed by atoms with Crippen LogP contribution in [0.4, 0.5) is 5.69 Å². The fourth-order valence-electron chi connectivity index (χ4n) is 3.18. The number of hydrogen-bond acceptors (Lipinski definition) is 4. The molecular formula is C16H26N2O2S.